The first-order valence-corrected chi connectivity index (χ1v) is 9.19. The first kappa shape index (κ1) is 18.4. The van der Waals surface area contributed by atoms with Crippen LogP contribution in [0, 0.1) is 5.92 Å². The summed E-state index contributed by atoms with van der Waals surface area (Å²) in [4.78, 5) is 30.0. The Labute approximate surface area is 154 Å². The van der Waals surface area contributed by atoms with Gasteiger partial charge in [-0.25, -0.2) is 4.79 Å². The maximum atomic E-state index is 12.8. The van der Waals surface area contributed by atoms with Gasteiger partial charge in [0.2, 0.25) is 0 Å². The van der Waals surface area contributed by atoms with Crippen LogP contribution >= 0.6 is 0 Å². The predicted molar refractivity (Wildman–Crippen MR) is 99.5 cm³/mol. The van der Waals surface area contributed by atoms with Gasteiger partial charge in [-0.05, 0) is 32.3 Å². The van der Waals surface area contributed by atoms with Gasteiger partial charge in [-0.3, -0.25) is 9.79 Å². The number of esters is 1. The fourth-order valence-electron chi connectivity index (χ4n) is 3.91. The molecule has 1 fully saturated rings. The van der Waals surface area contributed by atoms with Gasteiger partial charge in [-0.2, -0.15) is 0 Å². The Bertz CT molecular complexity index is 778. The lowest BCUT2D eigenvalue weighted by Gasteiger charge is -2.36. The van der Waals surface area contributed by atoms with Crippen LogP contribution < -0.4 is 4.74 Å². The van der Waals surface area contributed by atoms with Crippen molar-refractivity contribution in [2.45, 2.75) is 45.4 Å². The normalized spacial score (nSPS) is 22.6. The lowest BCUT2D eigenvalue weighted by atomic mass is 9.69. The van der Waals surface area contributed by atoms with Crippen molar-refractivity contribution in [3.05, 3.63) is 41.1 Å². The number of ketones is 1. The minimum atomic E-state index is -0.432. The SMILES string of the molecule is CCCOc1ccccc1[C@H]1C(C(=O)OC)=C(C)N=C2CCCC(=O)C21. The molecule has 1 aliphatic heterocycles. The molecule has 1 aromatic carbocycles. The van der Waals surface area contributed by atoms with E-state index in [9.17, 15) is 9.59 Å². The van der Waals surface area contributed by atoms with E-state index in [4.69, 9.17) is 9.47 Å². The number of Topliss-reactive ketones (excluding diaryl/α,β-unsaturated/α-hetero) is 1. The third-order valence-electron chi connectivity index (χ3n) is 5.03. The van der Waals surface area contributed by atoms with Crippen molar-refractivity contribution in [1.29, 1.82) is 0 Å². The number of methoxy groups -OCH3 is 1. The molecular formula is C21H25NO4. The van der Waals surface area contributed by atoms with E-state index in [0.29, 0.717) is 30.0 Å². The number of allylic oxidation sites excluding steroid dienone is 1. The van der Waals surface area contributed by atoms with Gasteiger partial charge in [-0.1, -0.05) is 25.1 Å². The molecule has 0 spiro atoms. The van der Waals surface area contributed by atoms with Gasteiger partial charge in [0, 0.05) is 29.3 Å². The van der Waals surface area contributed by atoms with Crippen LogP contribution in [0.2, 0.25) is 0 Å². The van der Waals surface area contributed by atoms with Crippen LogP contribution in [-0.2, 0) is 14.3 Å². The Morgan fingerprint density at radius 3 is 2.73 bits per heavy atom. The summed E-state index contributed by atoms with van der Waals surface area (Å²) in [6, 6.07) is 7.66. The van der Waals surface area contributed by atoms with E-state index in [-0.39, 0.29) is 5.78 Å². The number of nitrogens with zero attached hydrogens (tertiary/aromatic N) is 1. The van der Waals surface area contributed by atoms with E-state index in [1.54, 1.807) is 0 Å². The number of hydrogen-bond donors (Lipinski definition) is 0. The molecule has 0 radical (unpaired) electrons. The van der Waals surface area contributed by atoms with Crippen LogP contribution in [0.15, 0.2) is 40.5 Å². The molecule has 1 unspecified atom stereocenters. The van der Waals surface area contributed by atoms with Crippen LogP contribution in [0.1, 0.15) is 51.0 Å². The van der Waals surface area contributed by atoms with Crippen molar-refractivity contribution in [3.8, 4) is 5.75 Å². The number of benzene rings is 1. The third-order valence-corrected chi connectivity index (χ3v) is 5.03. The number of carbonyl (C=O) groups is 2. The maximum Gasteiger partial charge on any atom is 0.336 e. The monoisotopic (exact) mass is 355 g/mol. The van der Waals surface area contributed by atoms with Gasteiger partial charge in [-0.15, -0.1) is 0 Å². The van der Waals surface area contributed by atoms with Crippen molar-refractivity contribution in [1.82, 2.24) is 0 Å². The number of aliphatic imine (C=N–C) groups is 1. The molecule has 0 bridgehead atoms. The van der Waals surface area contributed by atoms with E-state index < -0.39 is 17.8 Å². The minimum absolute atomic E-state index is 0.138. The Hall–Kier alpha value is -2.43. The van der Waals surface area contributed by atoms with Gasteiger partial charge in [0.15, 0.2) is 0 Å². The molecule has 138 valence electrons. The molecule has 26 heavy (non-hydrogen) atoms. The zero-order valence-corrected chi connectivity index (χ0v) is 15.6. The number of hydrogen-bond acceptors (Lipinski definition) is 5. The van der Waals surface area contributed by atoms with Crippen molar-refractivity contribution in [3.63, 3.8) is 0 Å². The summed E-state index contributed by atoms with van der Waals surface area (Å²) in [7, 11) is 1.36. The average Bonchev–Trinajstić information content (AvgIpc) is 2.65. The highest BCUT2D eigenvalue weighted by atomic mass is 16.5. The second-order valence-electron chi connectivity index (χ2n) is 6.76. The van der Waals surface area contributed by atoms with Crippen molar-refractivity contribution < 1.29 is 19.1 Å². The minimum Gasteiger partial charge on any atom is -0.493 e. The lowest BCUT2D eigenvalue weighted by Crippen LogP contribution is -2.39. The maximum absolute atomic E-state index is 12.8. The third kappa shape index (κ3) is 3.30. The molecule has 3 rings (SSSR count). The van der Waals surface area contributed by atoms with E-state index >= 15 is 0 Å². The van der Waals surface area contributed by atoms with E-state index in [2.05, 4.69) is 4.99 Å². The molecular weight excluding hydrogens is 330 g/mol. The Morgan fingerprint density at radius 1 is 1.23 bits per heavy atom. The van der Waals surface area contributed by atoms with Crippen LogP contribution in [0.25, 0.3) is 0 Å². The topological polar surface area (TPSA) is 65.0 Å². The van der Waals surface area contributed by atoms with Gasteiger partial charge in [0.25, 0.3) is 0 Å². The van der Waals surface area contributed by atoms with E-state index in [0.717, 1.165) is 30.5 Å². The Balaban J connectivity index is 2.16. The smallest absolute Gasteiger partial charge is 0.336 e. The summed E-state index contributed by atoms with van der Waals surface area (Å²) in [6.45, 7) is 4.44. The Morgan fingerprint density at radius 2 is 2.00 bits per heavy atom. The molecule has 5 nitrogen and oxygen atoms in total. The second-order valence-corrected chi connectivity index (χ2v) is 6.76. The molecule has 0 amide bonds. The largest absolute Gasteiger partial charge is 0.493 e. The first-order valence-electron chi connectivity index (χ1n) is 9.19. The highest BCUT2D eigenvalue weighted by molar-refractivity contribution is 6.11. The lowest BCUT2D eigenvalue weighted by molar-refractivity contribution is -0.136. The Kier molecular flexibility index (Phi) is 5.55. The predicted octanol–water partition coefficient (Wildman–Crippen LogP) is 3.83. The summed E-state index contributed by atoms with van der Waals surface area (Å²) in [5.74, 6) is -0.393. The van der Waals surface area contributed by atoms with Crippen molar-refractivity contribution in [2.75, 3.05) is 13.7 Å². The molecule has 1 aromatic rings. The van der Waals surface area contributed by atoms with Crippen LogP contribution in [0.3, 0.4) is 0 Å². The average molecular weight is 355 g/mol. The van der Waals surface area contributed by atoms with Gasteiger partial charge in [0.1, 0.15) is 11.5 Å². The fourth-order valence-corrected chi connectivity index (χ4v) is 3.91. The number of ether oxygens (including phenoxy) is 2. The standard InChI is InChI=1S/C21H25NO4/c1-4-12-26-17-11-6-5-8-14(17)19-18(21(24)25-3)13(2)22-15-9-7-10-16(23)20(15)19/h5-6,8,11,19-20H,4,7,9-10,12H2,1-3H3/t19-,20?/m0/s1. The molecule has 0 N–H and O–H groups in total. The molecule has 5 heteroatoms. The summed E-state index contributed by atoms with van der Waals surface area (Å²) in [5, 5.41) is 0. The van der Waals surface area contributed by atoms with Crippen LogP contribution in [-0.4, -0.2) is 31.2 Å². The molecule has 2 atom stereocenters. The summed E-state index contributed by atoms with van der Waals surface area (Å²) in [6.07, 6.45) is 3.00. The van der Waals surface area contributed by atoms with Gasteiger partial charge < -0.3 is 9.47 Å². The van der Waals surface area contributed by atoms with Crippen molar-refractivity contribution in [2.24, 2.45) is 10.9 Å². The van der Waals surface area contributed by atoms with Gasteiger partial charge >= 0.3 is 5.97 Å². The molecule has 1 heterocycles. The summed E-state index contributed by atoms with van der Waals surface area (Å²) in [5.41, 5.74) is 2.83. The molecule has 2 aliphatic rings. The zero-order valence-electron chi connectivity index (χ0n) is 15.6. The summed E-state index contributed by atoms with van der Waals surface area (Å²) < 4.78 is 11.0. The highest BCUT2D eigenvalue weighted by Gasteiger charge is 2.44. The highest BCUT2D eigenvalue weighted by Crippen LogP contribution is 2.45. The quantitative estimate of drug-likeness (QED) is 0.753. The number of rotatable bonds is 5. The number of carbonyl (C=O) groups excluding carboxylic acids is 2. The first-order chi connectivity index (χ1) is 12.6. The van der Waals surface area contributed by atoms with Crippen LogP contribution in [0.4, 0.5) is 0 Å². The second kappa shape index (κ2) is 7.85. The molecule has 0 saturated heterocycles. The fraction of sp³-hybridized carbons (Fsp3) is 0.476. The zero-order chi connectivity index (χ0) is 18.7. The number of fused-ring (bicyclic) bond motifs is 1. The van der Waals surface area contributed by atoms with Crippen LogP contribution in [0.5, 0.6) is 5.75 Å². The van der Waals surface area contributed by atoms with Crippen molar-refractivity contribution >= 4 is 17.5 Å². The number of para-hydroxylation sites is 1. The van der Waals surface area contributed by atoms with E-state index in [1.807, 2.05) is 38.1 Å². The molecule has 1 saturated carbocycles. The van der Waals surface area contributed by atoms with Gasteiger partial charge in [0.05, 0.1) is 25.2 Å². The summed E-state index contributed by atoms with van der Waals surface area (Å²) >= 11 is 0. The van der Waals surface area contributed by atoms with E-state index in [1.165, 1.54) is 7.11 Å². The molecule has 1 aliphatic carbocycles. The molecule has 0 aromatic heterocycles.